The maximum absolute atomic E-state index is 13.9. The minimum atomic E-state index is -4.66. The van der Waals surface area contributed by atoms with Crippen molar-refractivity contribution in [3.05, 3.63) is 33.9 Å². The first-order chi connectivity index (χ1) is 10.6. The van der Waals surface area contributed by atoms with E-state index in [0.717, 1.165) is 0 Å². The van der Waals surface area contributed by atoms with E-state index in [2.05, 4.69) is 0 Å². The van der Waals surface area contributed by atoms with Crippen molar-refractivity contribution in [3.63, 3.8) is 0 Å². The third-order valence-corrected chi connectivity index (χ3v) is 5.06. The van der Waals surface area contributed by atoms with Crippen molar-refractivity contribution in [2.24, 2.45) is 5.73 Å². The Morgan fingerprint density at radius 2 is 1.96 bits per heavy atom. The van der Waals surface area contributed by atoms with Gasteiger partial charge in [-0.3, -0.25) is 14.9 Å². The van der Waals surface area contributed by atoms with Crippen LogP contribution in [0.1, 0.15) is 0 Å². The standard InChI is InChI=1S/C11H11F2N3O6S/c12-7-3-6(16(18)19)4-8(13)10(7)23(20,21)15-1-2-22-9(5-15)11(14)17/h3-4,9H,1-2,5H2,(H2,14,17)/t9-/m1/s1. The predicted molar refractivity (Wildman–Crippen MR) is 70.7 cm³/mol. The van der Waals surface area contributed by atoms with E-state index in [1.807, 2.05) is 0 Å². The predicted octanol–water partition coefficient (Wildman–Crippen LogP) is -0.252. The zero-order valence-corrected chi connectivity index (χ0v) is 12.3. The van der Waals surface area contributed by atoms with Crippen molar-refractivity contribution in [2.75, 3.05) is 19.7 Å². The van der Waals surface area contributed by atoms with E-state index >= 15 is 0 Å². The van der Waals surface area contributed by atoms with E-state index in [1.54, 1.807) is 0 Å². The largest absolute Gasteiger partial charge is 0.367 e. The van der Waals surface area contributed by atoms with E-state index in [9.17, 15) is 32.1 Å². The first-order valence-electron chi connectivity index (χ1n) is 6.19. The van der Waals surface area contributed by atoms with Crippen LogP contribution in [0, 0.1) is 21.7 Å². The lowest BCUT2D eigenvalue weighted by molar-refractivity contribution is -0.385. The van der Waals surface area contributed by atoms with Gasteiger partial charge in [0.05, 0.1) is 23.7 Å². The Balaban J connectivity index is 2.44. The second-order valence-electron chi connectivity index (χ2n) is 4.62. The summed E-state index contributed by atoms with van der Waals surface area (Å²) in [6.07, 6.45) is -1.25. The number of sulfonamides is 1. The van der Waals surface area contributed by atoms with Gasteiger partial charge in [0.2, 0.25) is 15.9 Å². The minimum Gasteiger partial charge on any atom is -0.367 e. The average Bonchev–Trinajstić information content (AvgIpc) is 2.46. The summed E-state index contributed by atoms with van der Waals surface area (Å²) in [7, 11) is -4.66. The molecule has 12 heteroatoms. The summed E-state index contributed by atoms with van der Waals surface area (Å²) >= 11 is 0. The summed E-state index contributed by atoms with van der Waals surface area (Å²) in [4.78, 5) is 19.2. The van der Waals surface area contributed by atoms with Gasteiger partial charge in [0.15, 0.2) is 16.5 Å². The number of carbonyl (C=O) groups excluding carboxylic acids is 1. The van der Waals surface area contributed by atoms with Gasteiger partial charge in [0, 0.05) is 13.1 Å². The van der Waals surface area contributed by atoms with Crippen LogP contribution in [0.2, 0.25) is 0 Å². The summed E-state index contributed by atoms with van der Waals surface area (Å²) in [6, 6.07) is 0.615. The highest BCUT2D eigenvalue weighted by atomic mass is 32.2. The quantitative estimate of drug-likeness (QED) is 0.587. The molecular formula is C11H11F2N3O6S. The van der Waals surface area contributed by atoms with Gasteiger partial charge in [0.25, 0.3) is 5.69 Å². The summed E-state index contributed by atoms with van der Waals surface area (Å²) in [5.74, 6) is -4.12. The molecule has 1 aliphatic heterocycles. The highest BCUT2D eigenvalue weighted by Gasteiger charge is 2.37. The van der Waals surface area contributed by atoms with Crippen LogP contribution in [0.25, 0.3) is 0 Å². The Labute approximate surface area is 128 Å². The summed E-state index contributed by atoms with van der Waals surface area (Å²) in [6.45, 7) is -0.946. The van der Waals surface area contributed by atoms with Gasteiger partial charge in [-0.1, -0.05) is 0 Å². The van der Waals surface area contributed by atoms with Gasteiger partial charge in [-0.25, -0.2) is 17.2 Å². The van der Waals surface area contributed by atoms with E-state index in [1.165, 1.54) is 0 Å². The molecule has 1 amide bonds. The number of nitro groups is 1. The van der Waals surface area contributed by atoms with Crippen LogP contribution in [0.15, 0.2) is 17.0 Å². The topological polar surface area (TPSA) is 133 Å². The molecule has 0 bridgehead atoms. The van der Waals surface area contributed by atoms with Gasteiger partial charge >= 0.3 is 0 Å². The van der Waals surface area contributed by atoms with Crippen molar-refractivity contribution >= 4 is 21.6 Å². The molecule has 1 fully saturated rings. The zero-order valence-electron chi connectivity index (χ0n) is 11.4. The van der Waals surface area contributed by atoms with Crippen molar-refractivity contribution in [1.29, 1.82) is 0 Å². The van der Waals surface area contributed by atoms with E-state index in [-0.39, 0.29) is 13.2 Å². The molecule has 1 aromatic rings. The maximum atomic E-state index is 13.9. The van der Waals surface area contributed by atoms with Crippen LogP contribution in [0.4, 0.5) is 14.5 Å². The molecule has 23 heavy (non-hydrogen) atoms. The molecular weight excluding hydrogens is 340 g/mol. The molecule has 0 unspecified atom stereocenters. The Morgan fingerprint density at radius 1 is 1.39 bits per heavy atom. The van der Waals surface area contributed by atoms with Gasteiger partial charge in [0.1, 0.15) is 6.10 Å². The number of non-ortho nitro benzene ring substituents is 1. The molecule has 0 aromatic heterocycles. The highest BCUT2D eigenvalue weighted by molar-refractivity contribution is 7.89. The third kappa shape index (κ3) is 3.28. The number of carbonyl (C=O) groups is 1. The number of nitrogens with two attached hydrogens (primary N) is 1. The number of hydrogen-bond acceptors (Lipinski definition) is 6. The lowest BCUT2D eigenvalue weighted by Crippen LogP contribution is -2.50. The number of morpholine rings is 1. The number of benzene rings is 1. The lowest BCUT2D eigenvalue weighted by Gasteiger charge is -2.30. The first kappa shape index (κ1) is 17.2. The van der Waals surface area contributed by atoms with Crippen LogP contribution in [-0.4, -0.2) is 49.4 Å². The molecule has 0 aliphatic carbocycles. The number of halogens is 2. The molecule has 2 N–H and O–H groups in total. The second-order valence-corrected chi connectivity index (χ2v) is 6.50. The van der Waals surface area contributed by atoms with Gasteiger partial charge in [-0.2, -0.15) is 4.31 Å². The SMILES string of the molecule is NC(=O)[C@H]1CN(S(=O)(=O)c2c(F)cc([N+](=O)[O-])cc2F)CCO1. The fourth-order valence-corrected chi connectivity index (χ4v) is 3.56. The van der Waals surface area contributed by atoms with Crippen molar-refractivity contribution in [3.8, 4) is 0 Å². The van der Waals surface area contributed by atoms with Crippen LogP contribution >= 0.6 is 0 Å². The van der Waals surface area contributed by atoms with E-state index in [0.29, 0.717) is 16.4 Å². The maximum Gasteiger partial charge on any atom is 0.275 e. The molecule has 0 radical (unpaired) electrons. The first-order valence-corrected chi connectivity index (χ1v) is 7.63. The Hall–Kier alpha value is -2.18. The minimum absolute atomic E-state index is 0.191. The van der Waals surface area contributed by atoms with Crippen molar-refractivity contribution < 1.29 is 31.7 Å². The highest BCUT2D eigenvalue weighted by Crippen LogP contribution is 2.28. The Bertz CT molecular complexity index is 746. The molecule has 1 atom stereocenters. The van der Waals surface area contributed by atoms with Crippen LogP contribution in [0.5, 0.6) is 0 Å². The summed E-state index contributed by atoms with van der Waals surface area (Å²) in [5, 5.41) is 10.5. The number of primary amides is 1. The molecule has 126 valence electrons. The zero-order chi connectivity index (χ0) is 17.4. The monoisotopic (exact) mass is 351 g/mol. The van der Waals surface area contributed by atoms with E-state index < -0.39 is 55.7 Å². The van der Waals surface area contributed by atoms with Crippen LogP contribution in [0.3, 0.4) is 0 Å². The van der Waals surface area contributed by atoms with Crippen LogP contribution < -0.4 is 5.73 Å². The molecule has 1 saturated heterocycles. The van der Waals surface area contributed by atoms with Gasteiger partial charge in [-0.15, -0.1) is 0 Å². The average molecular weight is 351 g/mol. The fourth-order valence-electron chi connectivity index (χ4n) is 2.04. The third-order valence-electron chi connectivity index (χ3n) is 3.14. The summed E-state index contributed by atoms with van der Waals surface area (Å²) in [5.41, 5.74) is 4.10. The number of hydrogen-bond donors (Lipinski definition) is 1. The number of nitro benzene ring substituents is 1. The second kappa shape index (κ2) is 6.14. The molecule has 1 aromatic carbocycles. The molecule has 0 saturated carbocycles. The smallest absolute Gasteiger partial charge is 0.275 e. The fraction of sp³-hybridized carbons (Fsp3) is 0.364. The number of rotatable bonds is 4. The Kier molecular flexibility index (Phi) is 4.58. The molecule has 0 spiro atoms. The molecule has 2 rings (SSSR count). The van der Waals surface area contributed by atoms with Gasteiger partial charge < -0.3 is 10.5 Å². The lowest BCUT2D eigenvalue weighted by atomic mass is 10.3. The van der Waals surface area contributed by atoms with E-state index in [4.69, 9.17) is 10.5 Å². The number of nitrogens with zero attached hydrogens (tertiary/aromatic N) is 2. The number of ether oxygens (including phenoxy) is 1. The molecule has 1 aliphatic rings. The summed E-state index contributed by atoms with van der Waals surface area (Å²) < 4.78 is 58.1. The number of amides is 1. The van der Waals surface area contributed by atoms with Crippen molar-refractivity contribution in [1.82, 2.24) is 4.31 Å². The Morgan fingerprint density at radius 3 is 2.43 bits per heavy atom. The van der Waals surface area contributed by atoms with Gasteiger partial charge in [-0.05, 0) is 0 Å². The molecule has 9 nitrogen and oxygen atoms in total. The molecule has 1 heterocycles. The van der Waals surface area contributed by atoms with Crippen molar-refractivity contribution in [2.45, 2.75) is 11.0 Å². The normalized spacial score (nSPS) is 19.5. The van der Waals surface area contributed by atoms with Crippen LogP contribution in [-0.2, 0) is 19.6 Å².